The van der Waals surface area contributed by atoms with Gasteiger partial charge in [-0.3, -0.25) is 47.9 Å². The van der Waals surface area contributed by atoms with Crippen molar-refractivity contribution in [2.75, 3.05) is 88.8 Å². The quantitative estimate of drug-likeness (QED) is 0.0155. The third kappa shape index (κ3) is 33.2. The number of amides is 2. The van der Waals surface area contributed by atoms with Crippen molar-refractivity contribution >= 4 is 54.9 Å². The van der Waals surface area contributed by atoms with Crippen LogP contribution < -0.4 is 67.1 Å². The molecule has 2 unspecified atom stereocenters. The molecule has 2 aromatic heterocycles. The predicted octanol–water partition coefficient (Wildman–Crippen LogP) is 10.6. The van der Waals surface area contributed by atoms with Gasteiger partial charge >= 0.3 is 23.3 Å². The number of carboxylic acid groups (broad SMARTS) is 1. The summed E-state index contributed by atoms with van der Waals surface area (Å²) in [5.41, 5.74) is -0.502. The van der Waals surface area contributed by atoms with Gasteiger partial charge in [-0.15, -0.1) is 0 Å². The second kappa shape index (κ2) is 55.5. The number of unbranched alkanes of at least 4 members (excludes halogenated alkanes) is 6. The molecule has 0 aromatic carbocycles. The summed E-state index contributed by atoms with van der Waals surface area (Å²) in [6, 6.07) is 2.57. The molecule has 6 heterocycles. The third-order valence-corrected chi connectivity index (χ3v) is 47.0. The molecule has 6 rings (SSSR count). The molecule has 2 aromatic rings. The fourth-order valence-electron chi connectivity index (χ4n) is 18.5. The molecule has 0 bridgehead atoms. The molecule has 25 nitrogen and oxygen atoms in total. The normalized spacial score (nSPS) is 20.6. The van der Waals surface area contributed by atoms with E-state index in [1.54, 1.807) is 0 Å². The smallest absolute Gasteiger partial charge is 0.330 e. The van der Waals surface area contributed by atoms with E-state index in [2.05, 4.69) is 145 Å². The summed E-state index contributed by atoms with van der Waals surface area (Å²) in [7, 11) is -6.81. The number of ether oxygens (including phenoxy) is 7. The first-order chi connectivity index (χ1) is 54.6. The Morgan fingerprint density at radius 3 is 1.09 bits per heavy atom. The van der Waals surface area contributed by atoms with Gasteiger partial charge in [0.25, 0.3) is 11.1 Å². The van der Waals surface area contributed by atoms with Gasteiger partial charge in [-0.2, -0.15) is 0 Å². The number of aliphatic hydroxyl groups is 1. The molecular formula is C86H160Br2N6O19P2Si2. The molecule has 4 saturated heterocycles. The van der Waals surface area contributed by atoms with Crippen molar-refractivity contribution in [2.45, 2.75) is 386 Å². The maximum absolute atomic E-state index is 13.8. The number of carbonyl (C=O) groups excluding carboxylic acids is 3. The number of esters is 1. The second-order valence-electron chi connectivity index (χ2n) is 34.8. The average molecular weight is 1860 g/mol. The summed E-state index contributed by atoms with van der Waals surface area (Å²) in [5, 5.41) is 26.1. The lowest BCUT2D eigenvalue weighted by atomic mass is 10.0. The summed E-state index contributed by atoms with van der Waals surface area (Å²) in [6.07, 6.45) is 28.5. The van der Waals surface area contributed by atoms with E-state index in [0.29, 0.717) is 81.7 Å². The maximum Gasteiger partial charge on any atom is 0.330 e. The molecule has 2 amide bonds. The highest BCUT2D eigenvalue weighted by Crippen LogP contribution is 2.62. The zero-order chi connectivity index (χ0) is 85.7. The van der Waals surface area contributed by atoms with Gasteiger partial charge in [0.05, 0.1) is 101 Å². The Labute approximate surface area is 726 Å². The number of rotatable bonds is 53. The average Bonchev–Trinajstić information content (AvgIpc) is 1.65. The number of hydrogen-bond donors (Lipinski definition) is 6. The van der Waals surface area contributed by atoms with Gasteiger partial charge < -0.3 is 96.8 Å². The van der Waals surface area contributed by atoms with Crippen molar-refractivity contribution in [3.8, 4) is 0 Å². The lowest BCUT2D eigenvalue weighted by molar-refractivity contribution is -0.179. The molecule has 117 heavy (non-hydrogen) atoms. The number of halogens is 2. The van der Waals surface area contributed by atoms with Crippen molar-refractivity contribution in [3.63, 3.8) is 0 Å². The molecule has 0 radical (unpaired) electrons. The van der Waals surface area contributed by atoms with Crippen LogP contribution in [-0.4, -0.2) is 207 Å². The largest absolute Gasteiger partial charge is 1.00 e. The molecule has 8 atom stereocenters. The molecular weight excluding hydrogens is 1700 g/mol. The van der Waals surface area contributed by atoms with Gasteiger partial charge in [0.2, 0.25) is 28.4 Å². The molecule has 680 valence electrons. The molecule has 4 fully saturated rings. The first-order valence-corrected chi connectivity index (χ1v) is 54.1. The topological polar surface area (TPSA) is 326 Å². The Kier molecular flexibility index (Phi) is 52.3. The van der Waals surface area contributed by atoms with Crippen LogP contribution in [0.3, 0.4) is 0 Å². The van der Waals surface area contributed by atoms with Gasteiger partial charge in [-0.25, -0.2) is 9.59 Å². The van der Waals surface area contributed by atoms with Crippen molar-refractivity contribution in [1.29, 1.82) is 0 Å². The lowest BCUT2D eigenvalue weighted by Crippen LogP contribution is -3.00. The Morgan fingerprint density at radius 2 is 0.778 bits per heavy atom. The summed E-state index contributed by atoms with van der Waals surface area (Å²) in [6.45, 7) is 46.8. The van der Waals surface area contributed by atoms with Crippen LogP contribution >= 0.6 is 14.5 Å². The molecule has 31 heteroatoms. The van der Waals surface area contributed by atoms with E-state index in [4.69, 9.17) is 47.1 Å². The first-order valence-electron chi connectivity index (χ1n) is 44.8. The van der Waals surface area contributed by atoms with Crippen LogP contribution in [0.25, 0.3) is 0 Å². The van der Waals surface area contributed by atoms with Crippen LogP contribution in [0.1, 0.15) is 305 Å². The second-order valence-corrected chi connectivity index (χ2v) is 54.6. The van der Waals surface area contributed by atoms with E-state index in [9.17, 15) is 43.5 Å². The number of nitrogens with one attached hydrogen (secondary N) is 4. The number of aliphatic carboxylic acids is 1. The fraction of sp³-hybridized carbons (Fsp3) is 0.860. The van der Waals surface area contributed by atoms with Crippen molar-refractivity contribution < 1.29 is 105 Å². The fourth-order valence-corrected chi connectivity index (χ4v) is 39.8. The Balaban J connectivity index is 0.000000651. The number of H-pyrrole nitrogens is 2. The van der Waals surface area contributed by atoms with Gasteiger partial charge in [0.1, 0.15) is 18.3 Å². The van der Waals surface area contributed by atoms with E-state index in [1.807, 2.05) is 13.8 Å². The summed E-state index contributed by atoms with van der Waals surface area (Å²) >= 11 is 0. The summed E-state index contributed by atoms with van der Waals surface area (Å²) < 4.78 is 59.0. The minimum atomic E-state index is -2.58. The van der Waals surface area contributed by atoms with E-state index < -0.39 is 126 Å². The number of aliphatic hydroxyl groups excluding tert-OH is 1. The number of hydrogen-bond acceptors (Lipinski definition) is 18. The lowest BCUT2D eigenvalue weighted by Gasteiger charge is -2.45. The molecule has 0 saturated carbocycles. The van der Waals surface area contributed by atoms with Crippen molar-refractivity contribution in [3.05, 3.63) is 66.2 Å². The van der Waals surface area contributed by atoms with Gasteiger partial charge in [-0.1, -0.05) is 177 Å². The van der Waals surface area contributed by atoms with E-state index in [1.165, 1.54) is 160 Å². The molecule has 0 aliphatic carbocycles. The van der Waals surface area contributed by atoms with Crippen LogP contribution in [0.5, 0.6) is 0 Å². The van der Waals surface area contributed by atoms with Gasteiger partial charge in [0.15, 0.2) is 30.1 Å². The number of aromatic amines is 2. The Morgan fingerprint density at radius 1 is 0.470 bits per heavy atom. The van der Waals surface area contributed by atoms with Gasteiger partial charge in [0, 0.05) is 90.7 Å². The zero-order valence-electron chi connectivity index (χ0n) is 75.6. The van der Waals surface area contributed by atoms with Crippen molar-refractivity contribution in [2.24, 2.45) is 0 Å². The van der Waals surface area contributed by atoms with Crippen LogP contribution in [-0.2, 0) is 61.2 Å². The number of nitrogens with zero attached hydrogens (tertiary/aromatic N) is 2. The minimum Gasteiger partial charge on any atom is -1.00 e. The Hall–Kier alpha value is -2.87. The number of carboxylic acids is 1. The first kappa shape index (κ1) is 110. The monoisotopic (exact) mass is 1860 g/mol. The van der Waals surface area contributed by atoms with Crippen LogP contribution in [0.2, 0.25) is 33.2 Å². The van der Waals surface area contributed by atoms with Crippen LogP contribution in [0.15, 0.2) is 43.7 Å². The number of carbonyl (C=O) groups is 4. The Bertz CT molecular complexity index is 3300. The minimum absolute atomic E-state index is 0. The van der Waals surface area contributed by atoms with Crippen LogP contribution in [0.4, 0.5) is 0 Å². The molecule has 4 aliphatic heterocycles. The van der Waals surface area contributed by atoms with Crippen molar-refractivity contribution in [1.82, 2.24) is 29.7 Å². The highest BCUT2D eigenvalue weighted by atomic mass is 79.9. The molecule has 0 spiro atoms. The molecule has 4 aliphatic rings. The van der Waals surface area contributed by atoms with E-state index >= 15 is 0 Å². The SMILES string of the molecule is CCCC[P+](CCCC)(CCCC)CCCNC(=O)CCC1(CCC(=O)O)OCCO1.CCCC[P+](CCCC)(CCCC)CCCNC(=O)CCC1(CCC(=O)O[C@@H]2C(O[Si](C(C)C)(C(C)C)C(C)C)[C@H](n3ccc(=O)[nH]c3=O)O[C@@H]2CC)OCCO1.CC[C@H]1O[C@@H](n2ccc(=O)[nH]c2=O)C(O[Si](C(C)C)(C(C)C)C(C)C)[C@H]1O.[Br-].[Br-]. The zero-order valence-corrected chi connectivity index (χ0v) is 82.6. The van der Waals surface area contributed by atoms with Crippen LogP contribution in [0, 0.1) is 0 Å². The standard InChI is InChI=1S/C43H78N3O9PSi.C24H46NO5P.C19H34N2O5Si.2BrH/c1-11-15-28-56(29-16-12-2,30-17-13-3)31-18-24-44-36(47)19-22-43(51-26-27-52-43)23-20-38(49)54-39-35(14-4)53-41(46-25-21-37(48)45-42(46)50)40(39)55-57(32(5)6,33(7)8)34(9)10;1-4-7-18-31(19-8-5-2,20-9-6-3)21-10-15-25-22(26)11-13-24(14-12-23(27)28)29-16-17-30-24;1-8-14-16(23)17(26-27(11(2)3,12(4)5)13(6)7)18(25-14)21-10-9-15(22)20-19(21)24;;/h21,25,32-35,39-41H,11-20,22-24,26-31H2,1-10H3,(H-,44,45,47,48,50);4-21H2,1-3H3,(H-,25,26,27,28);9-14,16-18,23H,8H2,1-7H3,(H,20,22,24);2*1H/t35-,39+,40?,41-;;14-,16+,17?,18-;;/m1.1../s1. The summed E-state index contributed by atoms with van der Waals surface area (Å²) in [5.74, 6) is -3.31. The summed E-state index contributed by atoms with van der Waals surface area (Å²) in [4.78, 5) is 104. The van der Waals surface area contributed by atoms with E-state index in [0.717, 1.165) is 19.4 Å². The maximum atomic E-state index is 13.8. The number of aromatic nitrogens is 4. The van der Waals surface area contributed by atoms with Gasteiger partial charge in [-0.05, 0) is 97.5 Å². The highest BCUT2D eigenvalue weighted by Gasteiger charge is 2.57. The molecule has 6 N–H and O–H groups in total. The predicted molar refractivity (Wildman–Crippen MR) is 470 cm³/mol. The van der Waals surface area contributed by atoms with E-state index in [-0.39, 0.29) is 94.5 Å². The third-order valence-electron chi connectivity index (χ3n) is 24.7. The highest BCUT2D eigenvalue weighted by molar-refractivity contribution is 7.76.